The van der Waals surface area contributed by atoms with Crippen molar-refractivity contribution in [2.24, 2.45) is 5.41 Å². The molecule has 2 saturated heterocycles. The average molecular weight is 747 g/mol. The van der Waals surface area contributed by atoms with Crippen LogP contribution in [0.15, 0.2) is 48.1 Å². The summed E-state index contributed by atoms with van der Waals surface area (Å²) in [4.78, 5) is 66.0. The summed E-state index contributed by atoms with van der Waals surface area (Å²) in [6, 6.07) is 10.6. The van der Waals surface area contributed by atoms with Gasteiger partial charge in [0.1, 0.15) is 11.9 Å². The number of amides is 4. The number of hydrogen-bond acceptors (Lipinski definition) is 10. The molecule has 14 heteroatoms. The maximum absolute atomic E-state index is 13.8. The molecule has 3 aromatic rings. The summed E-state index contributed by atoms with van der Waals surface area (Å²) in [5.74, 6) is -0.0461. The summed E-state index contributed by atoms with van der Waals surface area (Å²) < 4.78 is 0. The zero-order valence-electron chi connectivity index (χ0n) is 31.3. The molecule has 0 radical (unpaired) electrons. The third kappa shape index (κ3) is 10.6. The molecule has 3 atom stereocenters. The molecular formula is C39H54N8O5S. The van der Waals surface area contributed by atoms with E-state index in [4.69, 9.17) is 0 Å². The molecule has 1 aromatic carbocycles. The van der Waals surface area contributed by atoms with E-state index in [9.17, 15) is 24.3 Å². The fraction of sp³-hybridized carbons (Fsp3) is 0.538. The first kappa shape index (κ1) is 39.8. The van der Waals surface area contributed by atoms with E-state index >= 15 is 0 Å². The van der Waals surface area contributed by atoms with Gasteiger partial charge in [-0.15, -0.1) is 11.3 Å². The monoisotopic (exact) mass is 746 g/mol. The van der Waals surface area contributed by atoms with Gasteiger partial charge in [0.15, 0.2) is 0 Å². The predicted octanol–water partition coefficient (Wildman–Crippen LogP) is 3.06. The number of nitrogens with one attached hydrogen (secondary N) is 4. The Morgan fingerprint density at radius 2 is 1.75 bits per heavy atom. The molecule has 2 fully saturated rings. The number of carbonyl (C=O) groups is 4. The molecule has 13 nitrogen and oxygen atoms in total. The number of benzene rings is 1. The zero-order valence-corrected chi connectivity index (χ0v) is 32.1. The zero-order chi connectivity index (χ0) is 38.0. The van der Waals surface area contributed by atoms with Gasteiger partial charge < -0.3 is 36.2 Å². The van der Waals surface area contributed by atoms with Gasteiger partial charge in [-0.25, -0.2) is 9.97 Å². The van der Waals surface area contributed by atoms with Gasteiger partial charge in [-0.3, -0.25) is 19.2 Å². The van der Waals surface area contributed by atoms with E-state index in [2.05, 4.69) is 48.3 Å². The van der Waals surface area contributed by atoms with Crippen molar-refractivity contribution in [1.82, 2.24) is 36.1 Å². The molecule has 4 amide bonds. The summed E-state index contributed by atoms with van der Waals surface area (Å²) in [6.07, 6.45) is 4.01. The van der Waals surface area contributed by atoms with Gasteiger partial charge >= 0.3 is 0 Å². The van der Waals surface area contributed by atoms with Gasteiger partial charge in [0, 0.05) is 70.9 Å². The standard InChI is InChI=1S/C39H54N8O5S/c1-26-35(53-25-44-26)29-11-9-28(10-12-29)15-17-42-37(51)32-22-31(48)24-47(32)38(52)39(3,4)27(2)45-34(49)8-6-5-7-16-41-36(50)30-13-14-33(43-23-30)46-20-18-40-19-21-46/h9-14,23,25,27,31-32,40,48H,5-8,15-22,24H2,1-4H3,(H,41,50)(H,42,51)(H,45,49)/t27-,31+,32-/m0/s1. The van der Waals surface area contributed by atoms with Crippen molar-refractivity contribution in [2.45, 2.75) is 84.4 Å². The molecule has 5 rings (SSSR count). The average Bonchev–Trinajstić information content (AvgIpc) is 3.78. The number of aromatic nitrogens is 2. The van der Waals surface area contributed by atoms with E-state index in [0.717, 1.165) is 66.5 Å². The van der Waals surface area contributed by atoms with Crippen LogP contribution in [0.2, 0.25) is 0 Å². The Hall–Kier alpha value is -4.40. The van der Waals surface area contributed by atoms with E-state index in [1.165, 1.54) is 4.90 Å². The molecule has 4 heterocycles. The van der Waals surface area contributed by atoms with Crippen LogP contribution in [0.5, 0.6) is 0 Å². The third-order valence-corrected chi connectivity index (χ3v) is 11.3. The Bertz CT molecular complexity index is 1690. The van der Waals surface area contributed by atoms with Gasteiger partial charge in [0.2, 0.25) is 17.7 Å². The number of aliphatic hydroxyl groups excluding tert-OH is 1. The van der Waals surface area contributed by atoms with Crippen LogP contribution in [0, 0.1) is 12.3 Å². The van der Waals surface area contributed by atoms with Crippen LogP contribution in [-0.2, 0) is 20.8 Å². The molecule has 0 saturated carbocycles. The van der Waals surface area contributed by atoms with E-state index in [-0.39, 0.29) is 36.6 Å². The molecule has 0 aliphatic carbocycles. The minimum absolute atomic E-state index is 0.0638. The van der Waals surface area contributed by atoms with Crippen LogP contribution in [-0.4, -0.2) is 108 Å². The topological polar surface area (TPSA) is 169 Å². The minimum atomic E-state index is -1.02. The number of anilines is 1. The van der Waals surface area contributed by atoms with E-state index in [1.54, 1.807) is 44.4 Å². The number of β-amino-alcohol motifs (C(OH)–C–C–N with tert-alkyl or cyclic N) is 1. The molecule has 0 bridgehead atoms. The van der Waals surface area contributed by atoms with Gasteiger partial charge in [-0.1, -0.05) is 30.7 Å². The highest BCUT2D eigenvalue weighted by Gasteiger charge is 2.46. The number of pyridine rings is 1. The molecule has 286 valence electrons. The number of unbranched alkanes of at least 4 members (excludes halogenated alkanes) is 2. The first-order valence-corrected chi connectivity index (χ1v) is 19.6. The van der Waals surface area contributed by atoms with Crippen molar-refractivity contribution in [3.8, 4) is 10.4 Å². The molecule has 53 heavy (non-hydrogen) atoms. The second-order valence-electron chi connectivity index (χ2n) is 14.6. The highest BCUT2D eigenvalue weighted by Crippen LogP contribution is 2.30. The van der Waals surface area contributed by atoms with Gasteiger partial charge in [0.25, 0.3) is 5.91 Å². The molecule has 2 aromatic heterocycles. The van der Waals surface area contributed by atoms with Crippen LogP contribution in [0.3, 0.4) is 0 Å². The largest absolute Gasteiger partial charge is 0.391 e. The summed E-state index contributed by atoms with van der Waals surface area (Å²) >= 11 is 1.61. The Morgan fingerprint density at radius 3 is 2.43 bits per heavy atom. The molecule has 0 spiro atoms. The molecular weight excluding hydrogens is 693 g/mol. The first-order chi connectivity index (χ1) is 25.4. The van der Waals surface area contributed by atoms with Crippen molar-refractivity contribution in [2.75, 3.05) is 50.7 Å². The van der Waals surface area contributed by atoms with E-state index < -0.39 is 23.6 Å². The lowest BCUT2D eigenvalue weighted by Gasteiger charge is -2.36. The number of carbonyl (C=O) groups excluding carboxylic acids is 4. The lowest BCUT2D eigenvalue weighted by molar-refractivity contribution is -0.147. The number of piperazine rings is 1. The number of thiazole rings is 1. The van der Waals surface area contributed by atoms with Crippen LogP contribution in [0.1, 0.15) is 74.5 Å². The SMILES string of the molecule is Cc1ncsc1-c1ccc(CCNC(=O)[C@@H]2C[C@@H](O)CN2C(=O)C(C)(C)[C@H](C)NC(=O)CCCCCNC(=O)c2ccc(N3CCNCC3)nc2)cc1. The van der Waals surface area contributed by atoms with Crippen molar-refractivity contribution in [3.05, 3.63) is 64.9 Å². The molecule has 2 aliphatic rings. The number of rotatable bonds is 16. The Kier molecular flexibility index (Phi) is 13.9. The van der Waals surface area contributed by atoms with E-state index in [0.29, 0.717) is 37.9 Å². The lowest BCUT2D eigenvalue weighted by atomic mass is 9.83. The summed E-state index contributed by atoms with van der Waals surface area (Å²) in [7, 11) is 0. The second kappa shape index (κ2) is 18.6. The molecule has 2 aliphatic heterocycles. The predicted molar refractivity (Wildman–Crippen MR) is 207 cm³/mol. The van der Waals surface area contributed by atoms with E-state index in [1.807, 2.05) is 30.6 Å². The third-order valence-electron chi connectivity index (χ3n) is 10.3. The highest BCUT2D eigenvalue weighted by atomic mass is 32.1. The van der Waals surface area contributed by atoms with Crippen molar-refractivity contribution < 1.29 is 24.3 Å². The van der Waals surface area contributed by atoms with Crippen molar-refractivity contribution >= 4 is 40.8 Å². The summed E-state index contributed by atoms with van der Waals surface area (Å²) in [5.41, 5.74) is 4.53. The van der Waals surface area contributed by atoms with Crippen LogP contribution in [0.25, 0.3) is 10.4 Å². The fourth-order valence-corrected chi connectivity index (χ4v) is 7.49. The van der Waals surface area contributed by atoms with Gasteiger partial charge in [-0.2, -0.15) is 0 Å². The maximum atomic E-state index is 13.8. The maximum Gasteiger partial charge on any atom is 0.252 e. The minimum Gasteiger partial charge on any atom is -0.391 e. The number of hydrogen-bond donors (Lipinski definition) is 5. The Labute approximate surface area is 316 Å². The quantitative estimate of drug-likeness (QED) is 0.138. The lowest BCUT2D eigenvalue weighted by Crippen LogP contribution is -2.55. The van der Waals surface area contributed by atoms with Crippen LogP contribution < -0.4 is 26.2 Å². The summed E-state index contributed by atoms with van der Waals surface area (Å²) in [5, 5.41) is 22.6. The smallest absolute Gasteiger partial charge is 0.252 e. The number of likely N-dealkylation sites (tertiary alicyclic amines) is 1. The van der Waals surface area contributed by atoms with Crippen LogP contribution >= 0.6 is 11.3 Å². The Balaban J connectivity index is 0.998. The van der Waals surface area contributed by atoms with Crippen LogP contribution in [0.4, 0.5) is 5.82 Å². The number of aryl methyl sites for hydroxylation is 1. The van der Waals surface area contributed by atoms with Gasteiger partial charge in [-0.05, 0) is 70.2 Å². The molecule has 5 N–H and O–H groups in total. The van der Waals surface area contributed by atoms with Crippen molar-refractivity contribution in [1.29, 1.82) is 0 Å². The highest BCUT2D eigenvalue weighted by molar-refractivity contribution is 7.13. The first-order valence-electron chi connectivity index (χ1n) is 18.7. The molecule has 0 unspecified atom stereocenters. The Morgan fingerprint density at radius 1 is 1.00 bits per heavy atom. The van der Waals surface area contributed by atoms with Crippen molar-refractivity contribution in [3.63, 3.8) is 0 Å². The van der Waals surface area contributed by atoms with Gasteiger partial charge in [0.05, 0.1) is 33.2 Å². The number of aliphatic hydroxyl groups is 1. The number of nitrogens with zero attached hydrogens (tertiary/aromatic N) is 4. The normalized spacial score (nSPS) is 18.1. The second-order valence-corrected chi connectivity index (χ2v) is 15.4. The summed E-state index contributed by atoms with van der Waals surface area (Å²) in [6.45, 7) is 11.9. The fourth-order valence-electron chi connectivity index (χ4n) is 6.68.